The lowest BCUT2D eigenvalue weighted by Gasteiger charge is -2.35. The van der Waals surface area contributed by atoms with E-state index < -0.39 is 4.92 Å². The predicted octanol–water partition coefficient (Wildman–Crippen LogP) is 2.80. The van der Waals surface area contributed by atoms with Gasteiger partial charge in [-0.25, -0.2) is 4.79 Å². The van der Waals surface area contributed by atoms with Gasteiger partial charge in [0.1, 0.15) is 5.69 Å². The first-order chi connectivity index (χ1) is 15.0. The van der Waals surface area contributed by atoms with Crippen LogP contribution in [0.5, 0.6) is 0 Å². The molecule has 0 unspecified atom stereocenters. The van der Waals surface area contributed by atoms with Gasteiger partial charge < -0.3 is 14.2 Å². The predicted molar refractivity (Wildman–Crippen MR) is 114 cm³/mol. The van der Waals surface area contributed by atoms with Gasteiger partial charge in [0, 0.05) is 49.7 Å². The van der Waals surface area contributed by atoms with Crippen LogP contribution in [0.1, 0.15) is 41.4 Å². The van der Waals surface area contributed by atoms with Crippen LogP contribution < -0.4 is 4.90 Å². The molecular weight excluding hydrogens is 400 g/mol. The molecule has 0 saturated carbocycles. The van der Waals surface area contributed by atoms with E-state index in [4.69, 9.17) is 4.74 Å². The Bertz CT molecular complexity index is 994. The second-order valence-corrected chi connectivity index (χ2v) is 8.02. The lowest BCUT2D eigenvalue weighted by molar-refractivity contribution is -0.384. The summed E-state index contributed by atoms with van der Waals surface area (Å²) in [5, 5.41) is 11.0. The second kappa shape index (κ2) is 8.89. The molecule has 0 radical (unpaired) electrons. The minimum Gasteiger partial charge on any atom is -0.464 e. The number of anilines is 1. The molecule has 1 aromatic heterocycles. The average Bonchev–Trinajstić information content (AvgIpc) is 3.28. The minimum atomic E-state index is -0.401. The van der Waals surface area contributed by atoms with Crippen molar-refractivity contribution in [1.29, 1.82) is 0 Å². The number of non-ortho nitro benzene ring substituents is 1. The molecule has 1 saturated heterocycles. The third kappa shape index (κ3) is 4.32. The molecular formula is C22H26N4O5. The van der Waals surface area contributed by atoms with Crippen molar-refractivity contribution in [2.24, 2.45) is 0 Å². The van der Waals surface area contributed by atoms with E-state index in [9.17, 15) is 19.7 Å². The van der Waals surface area contributed by atoms with Gasteiger partial charge in [0.05, 0.1) is 18.6 Å². The Morgan fingerprint density at radius 2 is 1.97 bits per heavy atom. The second-order valence-electron chi connectivity index (χ2n) is 8.02. The number of aromatic nitrogens is 1. The van der Waals surface area contributed by atoms with Crippen molar-refractivity contribution in [2.75, 3.05) is 38.2 Å². The minimum absolute atomic E-state index is 0.0180. The van der Waals surface area contributed by atoms with Gasteiger partial charge in [-0.2, -0.15) is 0 Å². The molecule has 2 aliphatic heterocycles. The van der Waals surface area contributed by atoms with Gasteiger partial charge in [-0.1, -0.05) is 0 Å². The standard InChI is InChI=1S/C22H26N4O5/c1-31-22(28)20-5-3-10-24(20)17-8-12-23(13-9-17)15-21(27)25-11-2-4-16-14-18(26(29)30)6-7-19(16)25/h3,5-7,10,14,17H,2,4,8-9,11-13,15H2,1H3. The smallest absolute Gasteiger partial charge is 0.354 e. The normalized spacial score (nSPS) is 17.3. The van der Waals surface area contributed by atoms with E-state index in [1.54, 1.807) is 23.1 Å². The number of nitro groups is 1. The number of carbonyl (C=O) groups is 2. The summed E-state index contributed by atoms with van der Waals surface area (Å²) >= 11 is 0. The summed E-state index contributed by atoms with van der Waals surface area (Å²) in [6.45, 7) is 2.47. The molecule has 1 aromatic carbocycles. The number of rotatable bonds is 5. The van der Waals surface area contributed by atoms with Gasteiger partial charge in [-0.05, 0) is 49.4 Å². The lowest BCUT2D eigenvalue weighted by atomic mass is 10.0. The zero-order valence-corrected chi connectivity index (χ0v) is 17.5. The fourth-order valence-electron chi connectivity index (χ4n) is 4.58. The van der Waals surface area contributed by atoms with Crippen LogP contribution in [0.25, 0.3) is 0 Å². The number of fused-ring (bicyclic) bond motifs is 1. The number of likely N-dealkylation sites (tertiary alicyclic amines) is 1. The van der Waals surface area contributed by atoms with Gasteiger partial charge in [-0.15, -0.1) is 0 Å². The Morgan fingerprint density at radius 1 is 1.19 bits per heavy atom. The zero-order valence-electron chi connectivity index (χ0n) is 17.5. The van der Waals surface area contributed by atoms with Crippen LogP contribution in [0.2, 0.25) is 0 Å². The van der Waals surface area contributed by atoms with Crippen molar-refractivity contribution in [3.05, 3.63) is 57.9 Å². The van der Waals surface area contributed by atoms with Crippen molar-refractivity contribution in [1.82, 2.24) is 9.47 Å². The molecule has 1 fully saturated rings. The molecule has 0 bridgehead atoms. The molecule has 0 N–H and O–H groups in total. The Labute approximate surface area is 180 Å². The van der Waals surface area contributed by atoms with Gasteiger partial charge in [0.2, 0.25) is 5.91 Å². The number of hydrogen-bond acceptors (Lipinski definition) is 6. The summed E-state index contributed by atoms with van der Waals surface area (Å²) in [5.41, 5.74) is 2.25. The number of amides is 1. The van der Waals surface area contributed by atoms with Crippen molar-refractivity contribution < 1.29 is 19.2 Å². The summed E-state index contributed by atoms with van der Waals surface area (Å²) in [4.78, 5) is 39.5. The van der Waals surface area contributed by atoms with E-state index in [1.165, 1.54) is 13.2 Å². The highest BCUT2D eigenvalue weighted by Gasteiger charge is 2.28. The fourth-order valence-corrected chi connectivity index (χ4v) is 4.58. The number of aryl methyl sites for hydroxylation is 1. The van der Waals surface area contributed by atoms with Crippen LogP contribution >= 0.6 is 0 Å². The molecule has 3 heterocycles. The number of methoxy groups -OCH3 is 1. The van der Waals surface area contributed by atoms with E-state index in [0.29, 0.717) is 18.8 Å². The maximum absolute atomic E-state index is 13.0. The average molecular weight is 426 g/mol. The Balaban J connectivity index is 1.38. The van der Waals surface area contributed by atoms with E-state index >= 15 is 0 Å². The van der Waals surface area contributed by atoms with Crippen LogP contribution in [0.15, 0.2) is 36.5 Å². The molecule has 0 spiro atoms. The van der Waals surface area contributed by atoms with E-state index in [0.717, 1.165) is 50.0 Å². The van der Waals surface area contributed by atoms with Crippen LogP contribution in [0, 0.1) is 10.1 Å². The van der Waals surface area contributed by atoms with Crippen molar-refractivity contribution in [3.63, 3.8) is 0 Å². The first-order valence-electron chi connectivity index (χ1n) is 10.5. The maximum atomic E-state index is 13.0. The molecule has 9 nitrogen and oxygen atoms in total. The zero-order chi connectivity index (χ0) is 22.0. The number of nitro benzene ring substituents is 1. The third-order valence-electron chi connectivity index (χ3n) is 6.18. The molecule has 1 amide bonds. The maximum Gasteiger partial charge on any atom is 0.354 e. The van der Waals surface area contributed by atoms with E-state index in [-0.39, 0.29) is 23.6 Å². The number of hydrogen-bond donors (Lipinski definition) is 0. The van der Waals surface area contributed by atoms with Gasteiger partial charge in [-0.3, -0.25) is 19.8 Å². The fraction of sp³-hybridized carbons (Fsp3) is 0.455. The number of benzene rings is 1. The summed E-state index contributed by atoms with van der Waals surface area (Å²) < 4.78 is 6.83. The highest BCUT2D eigenvalue weighted by molar-refractivity contribution is 5.96. The molecule has 9 heteroatoms. The number of piperidine rings is 1. The Morgan fingerprint density at radius 3 is 2.68 bits per heavy atom. The summed E-state index contributed by atoms with van der Waals surface area (Å²) in [5.74, 6) is -0.323. The number of esters is 1. The van der Waals surface area contributed by atoms with Gasteiger partial charge in [0.15, 0.2) is 0 Å². The lowest BCUT2D eigenvalue weighted by Crippen LogP contribution is -2.45. The summed E-state index contributed by atoms with van der Waals surface area (Å²) in [7, 11) is 1.38. The van der Waals surface area contributed by atoms with Crippen molar-refractivity contribution >= 4 is 23.3 Å². The van der Waals surface area contributed by atoms with E-state index in [1.807, 2.05) is 16.8 Å². The molecule has 0 aliphatic carbocycles. The number of ether oxygens (including phenoxy) is 1. The largest absolute Gasteiger partial charge is 0.464 e. The highest BCUT2D eigenvalue weighted by Crippen LogP contribution is 2.31. The number of nitrogens with zero attached hydrogens (tertiary/aromatic N) is 4. The number of carbonyl (C=O) groups excluding carboxylic acids is 2. The molecule has 2 aliphatic rings. The van der Waals surface area contributed by atoms with Gasteiger partial charge in [0.25, 0.3) is 5.69 Å². The molecule has 2 aromatic rings. The summed E-state index contributed by atoms with van der Waals surface area (Å²) in [6, 6.07) is 8.55. The van der Waals surface area contributed by atoms with Crippen LogP contribution in [-0.2, 0) is 16.0 Å². The van der Waals surface area contributed by atoms with Crippen LogP contribution in [-0.4, -0.2) is 59.6 Å². The highest BCUT2D eigenvalue weighted by atomic mass is 16.6. The van der Waals surface area contributed by atoms with Crippen molar-refractivity contribution in [2.45, 2.75) is 31.7 Å². The SMILES string of the molecule is COC(=O)c1cccn1C1CCN(CC(=O)N2CCCc3cc([N+](=O)[O-])ccc32)CC1. The Kier molecular flexibility index (Phi) is 6.03. The molecule has 164 valence electrons. The summed E-state index contributed by atoms with van der Waals surface area (Å²) in [6.07, 6.45) is 5.13. The first kappa shape index (κ1) is 21.0. The Hall–Kier alpha value is -3.20. The quantitative estimate of drug-likeness (QED) is 0.414. The third-order valence-corrected chi connectivity index (χ3v) is 6.18. The van der Waals surface area contributed by atoms with Crippen LogP contribution in [0.3, 0.4) is 0 Å². The molecule has 4 rings (SSSR count). The van der Waals surface area contributed by atoms with E-state index in [2.05, 4.69) is 4.90 Å². The monoisotopic (exact) mass is 426 g/mol. The van der Waals surface area contributed by atoms with Gasteiger partial charge >= 0.3 is 5.97 Å². The van der Waals surface area contributed by atoms with Crippen molar-refractivity contribution in [3.8, 4) is 0 Å². The topological polar surface area (TPSA) is 97.9 Å². The first-order valence-corrected chi connectivity index (χ1v) is 10.5. The van der Waals surface area contributed by atoms with Crippen LogP contribution in [0.4, 0.5) is 11.4 Å². The molecule has 0 atom stereocenters. The molecule has 31 heavy (non-hydrogen) atoms.